The molecule has 0 aromatic heterocycles. The van der Waals surface area contributed by atoms with Crippen LogP contribution in [-0.2, 0) is 0 Å². The summed E-state index contributed by atoms with van der Waals surface area (Å²) in [6, 6.07) is 0. The Kier molecular flexibility index (Phi) is 2.09. The van der Waals surface area contributed by atoms with Gasteiger partial charge in [-0.15, -0.1) is 23.4 Å². The quantitative estimate of drug-likeness (QED) is 0.482. The molecule has 17 heavy (non-hydrogen) atoms. The van der Waals surface area contributed by atoms with Crippen LogP contribution in [0, 0.1) is 10.8 Å². The highest BCUT2D eigenvalue weighted by Gasteiger charge is 2.65. The Morgan fingerprint density at radius 1 is 1.24 bits per heavy atom. The van der Waals surface area contributed by atoms with Crippen molar-refractivity contribution in [3.8, 4) is 0 Å². The van der Waals surface area contributed by atoms with Gasteiger partial charge in [-0.2, -0.15) is 11.8 Å². The third-order valence-corrected chi connectivity index (χ3v) is 8.25. The van der Waals surface area contributed by atoms with Gasteiger partial charge in [0.05, 0.1) is 5.38 Å². The van der Waals surface area contributed by atoms with Gasteiger partial charge >= 0.3 is 0 Å². The highest BCUT2D eigenvalue weighted by Crippen LogP contribution is 2.70. The van der Waals surface area contributed by atoms with Crippen LogP contribution in [-0.4, -0.2) is 22.6 Å². The van der Waals surface area contributed by atoms with Crippen molar-refractivity contribution in [2.24, 2.45) is 10.8 Å². The molecule has 0 amide bonds. The molecule has 2 bridgehead atoms. The van der Waals surface area contributed by atoms with E-state index in [1.165, 1.54) is 17.1 Å². The summed E-state index contributed by atoms with van der Waals surface area (Å²) in [5.41, 5.74) is 6.55. The standard InChI is InChI=1S/C14H15ClS2/c1-8-9(2)14-7-17-5-11(14)3-10-4-16-6-13(8,10)12(14)15/h3-4,12H,5-7H2,1-2H3/t12?,13-,14+/m0/s1. The largest absolute Gasteiger partial charge is 0.156 e. The van der Waals surface area contributed by atoms with Gasteiger partial charge in [-0.25, -0.2) is 0 Å². The minimum Gasteiger partial charge on any atom is -0.156 e. The smallest absolute Gasteiger partial charge is 0.0617 e. The van der Waals surface area contributed by atoms with Gasteiger partial charge in [0.15, 0.2) is 0 Å². The third-order valence-electron chi connectivity index (χ3n) is 5.29. The molecule has 3 heteroatoms. The Bertz CT molecular complexity index is 516. The molecule has 0 radical (unpaired) electrons. The lowest BCUT2D eigenvalue weighted by molar-refractivity contribution is 0.370. The van der Waals surface area contributed by atoms with Crippen molar-refractivity contribution in [1.82, 2.24) is 0 Å². The van der Waals surface area contributed by atoms with E-state index in [-0.39, 0.29) is 16.2 Å². The van der Waals surface area contributed by atoms with E-state index in [0.717, 1.165) is 5.75 Å². The van der Waals surface area contributed by atoms with E-state index in [0.29, 0.717) is 0 Å². The highest BCUT2D eigenvalue weighted by molar-refractivity contribution is 8.02. The average Bonchev–Trinajstić information content (AvgIpc) is 2.94. The molecule has 0 aromatic rings. The normalized spacial score (nSPS) is 46.9. The first-order chi connectivity index (χ1) is 8.14. The summed E-state index contributed by atoms with van der Waals surface area (Å²) in [6.45, 7) is 4.64. The van der Waals surface area contributed by atoms with Crippen LogP contribution >= 0.6 is 35.1 Å². The second-order valence-electron chi connectivity index (χ2n) is 5.60. The predicted molar refractivity (Wildman–Crippen MR) is 78.8 cm³/mol. The predicted octanol–water partition coefficient (Wildman–Crippen LogP) is 4.23. The Morgan fingerprint density at radius 3 is 2.82 bits per heavy atom. The van der Waals surface area contributed by atoms with Gasteiger partial charge < -0.3 is 0 Å². The van der Waals surface area contributed by atoms with Crippen LogP contribution in [0.2, 0.25) is 0 Å². The van der Waals surface area contributed by atoms with Crippen molar-refractivity contribution in [3.63, 3.8) is 0 Å². The van der Waals surface area contributed by atoms with Crippen molar-refractivity contribution in [2.45, 2.75) is 19.2 Å². The Hall–Kier alpha value is 0.210. The minimum atomic E-state index is 0.157. The summed E-state index contributed by atoms with van der Waals surface area (Å²) < 4.78 is 0. The average molecular weight is 283 g/mol. The van der Waals surface area contributed by atoms with E-state index in [9.17, 15) is 0 Å². The van der Waals surface area contributed by atoms with E-state index in [1.54, 1.807) is 16.7 Å². The molecule has 2 aliphatic carbocycles. The van der Waals surface area contributed by atoms with Gasteiger partial charge in [0.1, 0.15) is 0 Å². The first-order valence-corrected chi connectivity index (χ1v) is 8.71. The van der Waals surface area contributed by atoms with E-state index in [2.05, 4.69) is 37.1 Å². The molecule has 1 saturated heterocycles. The molecule has 2 aliphatic heterocycles. The molecular formula is C14H15ClS2. The van der Waals surface area contributed by atoms with E-state index in [1.807, 2.05) is 11.8 Å². The number of alkyl halides is 1. The molecule has 3 atom stereocenters. The number of allylic oxidation sites excluding steroid dienone is 4. The summed E-state index contributed by atoms with van der Waals surface area (Å²) in [7, 11) is 0. The fourth-order valence-electron chi connectivity index (χ4n) is 4.12. The number of thioether (sulfide) groups is 2. The summed E-state index contributed by atoms with van der Waals surface area (Å²) >= 11 is 11.0. The lowest BCUT2D eigenvalue weighted by Gasteiger charge is -2.42. The SMILES string of the molecule is CC1=C(C)[C@@]23CSC=C2C=C2CSC[C@]21C3Cl. The fraction of sp³-hybridized carbons (Fsp3) is 0.571. The van der Waals surface area contributed by atoms with Gasteiger partial charge in [0.25, 0.3) is 0 Å². The monoisotopic (exact) mass is 282 g/mol. The molecule has 1 unspecified atom stereocenters. The second-order valence-corrected chi connectivity index (χ2v) is 7.88. The molecule has 2 spiro atoms. The van der Waals surface area contributed by atoms with E-state index in [4.69, 9.17) is 11.6 Å². The lowest BCUT2D eigenvalue weighted by atomic mass is 9.65. The van der Waals surface area contributed by atoms with Crippen LogP contribution in [0.15, 0.2) is 33.8 Å². The summed E-state index contributed by atoms with van der Waals surface area (Å²) in [6.07, 6.45) is 2.47. The van der Waals surface area contributed by atoms with Gasteiger partial charge in [0.2, 0.25) is 0 Å². The lowest BCUT2D eigenvalue weighted by Crippen LogP contribution is -2.44. The van der Waals surface area contributed by atoms with Crippen molar-refractivity contribution < 1.29 is 0 Å². The topological polar surface area (TPSA) is 0 Å². The summed E-state index contributed by atoms with van der Waals surface area (Å²) in [5.74, 6) is 3.51. The molecule has 4 aliphatic rings. The first-order valence-electron chi connectivity index (χ1n) is 6.07. The molecular weight excluding hydrogens is 268 g/mol. The van der Waals surface area contributed by atoms with Crippen molar-refractivity contribution in [2.75, 3.05) is 17.3 Å². The zero-order valence-corrected chi connectivity index (χ0v) is 12.4. The maximum Gasteiger partial charge on any atom is 0.0617 e. The van der Waals surface area contributed by atoms with Crippen LogP contribution in [0.3, 0.4) is 0 Å². The minimum absolute atomic E-state index is 0.157. The van der Waals surface area contributed by atoms with Crippen molar-refractivity contribution >= 4 is 35.1 Å². The Balaban J connectivity index is 2.09. The number of halogens is 1. The van der Waals surface area contributed by atoms with Crippen LogP contribution in [0.4, 0.5) is 0 Å². The van der Waals surface area contributed by atoms with Gasteiger partial charge in [-0.05, 0) is 30.4 Å². The van der Waals surface area contributed by atoms with Crippen LogP contribution in [0.5, 0.6) is 0 Å². The molecule has 0 aromatic carbocycles. The van der Waals surface area contributed by atoms with Crippen molar-refractivity contribution in [3.05, 3.63) is 33.8 Å². The molecule has 2 heterocycles. The third kappa shape index (κ3) is 0.966. The van der Waals surface area contributed by atoms with Gasteiger partial charge in [0, 0.05) is 28.1 Å². The van der Waals surface area contributed by atoms with E-state index < -0.39 is 0 Å². The number of rotatable bonds is 0. The van der Waals surface area contributed by atoms with Gasteiger partial charge in [-0.3, -0.25) is 0 Å². The summed E-state index contributed by atoms with van der Waals surface area (Å²) in [5, 5.41) is 2.60. The first kappa shape index (κ1) is 11.1. The summed E-state index contributed by atoms with van der Waals surface area (Å²) in [4.78, 5) is 0. The Morgan fingerprint density at radius 2 is 2.00 bits per heavy atom. The van der Waals surface area contributed by atoms with Crippen LogP contribution < -0.4 is 0 Å². The van der Waals surface area contributed by atoms with Gasteiger partial charge in [-0.1, -0.05) is 17.2 Å². The maximum atomic E-state index is 7.00. The molecule has 0 saturated carbocycles. The zero-order valence-electron chi connectivity index (χ0n) is 10.0. The molecule has 4 rings (SSSR count). The number of hydrogen-bond donors (Lipinski definition) is 0. The van der Waals surface area contributed by atoms with Crippen LogP contribution in [0.25, 0.3) is 0 Å². The zero-order chi connectivity index (χ0) is 11.8. The van der Waals surface area contributed by atoms with E-state index >= 15 is 0 Å². The molecule has 0 nitrogen and oxygen atoms in total. The fourth-order valence-corrected chi connectivity index (χ4v) is 7.95. The molecule has 0 N–H and O–H groups in total. The molecule has 90 valence electrons. The van der Waals surface area contributed by atoms with Crippen LogP contribution in [0.1, 0.15) is 13.8 Å². The van der Waals surface area contributed by atoms with Crippen molar-refractivity contribution in [1.29, 1.82) is 0 Å². The second kappa shape index (κ2) is 3.20. The highest BCUT2D eigenvalue weighted by atomic mass is 35.5. The molecule has 1 fully saturated rings. The Labute approximate surface area is 116 Å². The number of hydrogen-bond acceptors (Lipinski definition) is 2. The maximum absolute atomic E-state index is 7.00.